The lowest BCUT2D eigenvalue weighted by Gasteiger charge is -2.35. The minimum atomic E-state index is -1.09. The largest absolute Gasteiger partial charge is 0.491 e. The van der Waals surface area contributed by atoms with Crippen molar-refractivity contribution in [3.63, 3.8) is 0 Å². The van der Waals surface area contributed by atoms with Gasteiger partial charge >= 0.3 is 6.09 Å². The highest BCUT2D eigenvalue weighted by molar-refractivity contribution is 7.13. The topological polar surface area (TPSA) is 189 Å². The normalized spacial score (nSPS) is 17.2. The van der Waals surface area contributed by atoms with E-state index >= 15 is 0 Å². The molecule has 3 atom stereocenters. The van der Waals surface area contributed by atoms with Crippen molar-refractivity contribution in [2.24, 2.45) is 5.92 Å². The Morgan fingerprint density at radius 1 is 0.981 bits per heavy atom. The van der Waals surface area contributed by atoms with Crippen molar-refractivity contribution >= 4 is 35.2 Å². The molecule has 4 amide bonds. The standard InChI is InChI=1S/C38H49N5O10S/c1-24(2)33(43-21-28-6-4-5-7-30(28)36(43)46)37(47)42-22-29(44)19-31(42)35(45)40-20-27-9-8-26(34-25(3)41-23-54-34)18-32(27)53-17-16-52-15-14-51-13-12-50-11-10-39-38(48)49/h4-9,18,23-24,29,31,33,39,44H,10-17,19-22H2,1-3H3,(H,40,45)(H,48,49)/t29-,31+,33+/m1/s1. The molecule has 1 fully saturated rings. The van der Waals surface area contributed by atoms with E-state index in [2.05, 4.69) is 15.6 Å². The van der Waals surface area contributed by atoms with E-state index in [1.54, 1.807) is 22.5 Å². The Balaban J connectivity index is 1.16. The number of aromatic nitrogens is 1. The van der Waals surface area contributed by atoms with E-state index in [-0.39, 0.29) is 63.6 Å². The first-order valence-corrected chi connectivity index (χ1v) is 18.9. The first-order chi connectivity index (χ1) is 26.0. The Morgan fingerprint density at radius 2 is 1.69 bits per heavy atom. The van der Waals surface area contributed by atoms with Crippen LogP contribution < -0.4 is 15.4 Å². The molecule has 1 saturated heterocycles. The summed E-state index contributed by atoms with van der Waals surface area (Å²) in [5, 5.41) is 24.4. The van der Waals surface area contributed by atoms with Crippen LogP contribution in [-0.4, -0.2) is 126 Å². The number of nitrogens with zero attached hydrogens (tertiary/aromatic N) is 3. The summed E-state index contributed by atoms with van der Waals surface area (Å²) in [6, 6.07) is 11.3. The van der Waals surface area contributed by atoms with Crippen molar-refractivity contribution < 1.29 is 48.3 Å². The van der Waals surface area contributed by atoms with Gasteiger partial charge in [0.2, 0.25) is 11.8 Å². The summed E-state index contributed by atoms with van der Waals surface area (Å²) < 4.78 is 22.6. The number of fused-ring (bicyclic) bond motifs is 1. The zero-order chi connectivity index (χ0) is 38.6. The Labute approximate surface area is 318 Å². The third-order valence-corrected chi connectivity index (χ3v) is 10.2. The van der Waals surface area contributed by atoms with Crippen LogP contribution >= 0.6 is 11.3 Å². The van der Waals surface area contributed by atoms with Crippen LogP contribution in [0.4, 0.5) is 4.79 Å². The summed E-state index contributed by atoms with van der Waals surface area (Å²) in [7, 11) is 0. The average molecular weight is 768 g/mol. The van der Waals surface area contributed by atoms with Gasteiger partial charge in [-0.05, 0) is 36.1 Å². The second kappa shape index (κ2) is 19.6. The van der Waals surface area contributed by atoms with Crippen LogP contribution in [0.25, 0.3) is 10.4 Å². The van der Waals surface area contributed by atoms with Crippen LogP contribution in [-0.2, 0) is 36.9 Å². The SMILES string of the molecule is Cc1ncsc1-c1ccc(CNC(=O)[C@@H]2C[C@@H](O)CN2C(=O)[C@H](C(C)C)N2Cc3ccccc3C2=O)c(OCCOCCOCCOCCNC(=O)O)c1. The number of benzene rings is 2. The molecule has 15 nitrogen and oxygen atoms in total. The van der Waals surface area contributed by atoms with Crippen molar-refractivity contribution in [1.29, 1.82) is 0 Å². The summed E-state index contributed by atoms with van der Waals surface area (Å²) >= 11 is 1.52. The first kappa shape index (κ1) is 40.6. The van der Waals surface area contributed by atoms with Crippen molar-refractivity contribution in [3.05, 3.63) is 70.4 Å². The highest BCUT2D eigenvalue weighted by Gasteiger charge is 2.45. The fraction of sp³-hybridized carbons (Fsp3) is 0.500. The van der Waals surface area contributed by atoms with Gasteiger partial charge < -0.3 is 49.6 Å². The highest BCUT2D eigenvalue weighted by atomic mass is 32.1. The molecule has 2 aliphatic heterocycles. The molecule has 16 heteroatoms. The fourth-order valence-electron chi connectivity index (χ4n) is 6.59. The number of ether oxygens (including phenoxy) is 4. The molecule has 5 rings (SSSR count). The summed E-state index contributed by atoms with van der Waals surface area (Å²) in [6.45, 7) is 8.48. The molecular formula is C38H49N5O10S. The molecule has 0 unspecified atom stereocenters. The van der Waals surface area contributed by atoms with Gasteiger partial charge in [0.15, 0.2) is 0 Å². The molecule has 4 N–H and O–H groups in total. The predicted molar refractivity (Wildman–Crippen MR) is 199 cm³/mol. The maximum absolute atomic E-state index is 14.1. The Morgan fingerprint density at radius 3 is 2.35 bits per heavy atom. The van der Waals surface area contributed by atoms with Gasteiger partial charge in [-0.1, -0.05) is 44.2 Å². The summed E-state index contributed by atoms with van der Waals surface area (Å²) in [6.07, 6.45) is -1.89. The predicted octanol–water partition coefficient (Wildman–Crippen LogP) is 3.07. The number of aliphatic hydroxyl groups excluding tert-OH is 1. The van der Waals surface area contributed by atoms with Crippen molar-refractivity contribution in [1.82, 2.24) is 25.4 Å². The van der Waals surface area contributed by atoms with E-state index in [1.165, 1.54) is 16.2 Å². The zero-order valence-electron chi connectivity index (χ0n) is 30.8. The zero-order valence-corrected chi connectivity index (χ0v) is 31.6. The van der Waals surface area contributed by atoms with Crippen LogP contribution in [0.5, 0.6) is 5.75 Å². The smallest absolute Gasteiger partial charge is 0.404 e. The highest BCUT2D eigenvalue weighted by Crippen LogP contribution is 2.33. The first-order valence-electron chi connectivity index (χ1n) is 18.1. The lowest BCUT2D eigenvalue weighted by molar-refractivity contribution is -0.143. The second-order valence-corrected chi connectivity index (χ2v) is 14.3. The van der Waals surface area contributed by atoms with Crippen molar-refractivity contribution in [2.45, 2.75) is 58.5 Å². The molecule has 0 aliphatic carbocycles. The number of hydrogen-bond donors (Lipinski definition) is 4. The van der Waals surface area contributed by atoms with Gasteiger partial charge in [0.25, 0.3) is 5.91 Å². The van der Waals surface area contributed by atoms with Gasteiger partial charge in [0.05, 0.1) is 61.8 Å². The fourth-order valence-corrected chi connectivity index (χ4v) is 7.40. The molecule has 2 aliphatic rings. The van der Waals surface area contributed by atoms with Crippen molar-refractivity contribution in [3.8, 4) is 16.2 Å². The number of hydrogen-bond acceptors (Lipinski definition) is 11. The number of β-amino-alcohol motifs (C(OH)–C–C–N with tert-alkyl or cyclic N) is 1. The van der Waals surface area contributed by atoms with Crippen LogP contribution in [0.15, 0.2) is 48.0 Å². The van der Waals surface area contributed by atoms with E-state index in [4.69, 9.17) is 24.1 Å². The van der Waals surface area contributed by atoms with Gasteiger partial charge in [-0.3, -0.25) is 14.4 Å². The van der Waals surface area contributed by atoms with E-state index < -0.39 is 30.2 Å². The quantitative estimate of drug-likeness (QED) is 0.124. The number of aliphatic hydroxyl groups is 1. The summed E-state index contributed by atoms with van der Waals surface area (Å²) in [5.41, 5.74) is 5.74. The number of carboxylic acid groups (broad SMARTS) is 1. The number of thiazole rings is 1. The second-order valence-electron chi connectivity index (χ2n) is 13.4. The van der Waals surface area contributed by atoms with Gasteiger partial charge in [0.1, 0.15) is 24.4 Å². The number of nitrogens with one attached hydrogen (secondary N) is 2. The van der Waals surface area contributed by atoms with Gasteiger partial charge in [-0.2, -0.15) is 0 Å². The van der Waals surface area contributed by atoms with Crippen molar-refractivity contribution in [2.75, 3.05) is 59.3 Å². The molecular weight excluding hydrogens is 719 g/mol. The molecule has 0 spiro atoms. The third-order valence-electron chi connectivity index (χ3n) is 9.21. The Kier molecular flexibility index (Phi) is 14.8. The monoisotopic (exact) mass is 767 g/mol. The number of likely N-dealkylation sites (tertiary alicyclic amines) is 1. The number of aryl methyl sites for hydroxylation is 1. The third kappa shape index (κ3) is 10.5. The number of amides is 4. The van der Waals surface area contributed by atoms with Gasteiger partial charge in [-0.15, -0.1) is 11.3 Å². The molecule has 2 aromatic carbocycles. The molecule has 0 saturated carbocycles. The summed E-state index contributed by atoms with van der Waals surface area (Å²) in [4.78, 5) is 60.0. The van der Waals surface area contributed by atoms with Crippen LogP contribution in [0.1, 0.15) is 47.4 Å². The maximum atomic E-state index is 14.1. The molecule has 3 heterocycles. The molecule has 1 aromatic heterocycles. The van der Waals surface area contributed by atoms with Gasteiger partial charge in [0, 0.05) is 43.7 Å². The minimum Gasteiger partial charge on any atom is -0.491 e. The molecule has 0 bridgehead atoms. The van der Waals surface area contributed by atoms with E-state index in [9.17, 15) is 24.3 Å². The molecule has 292 valence electrons. The number of rotatable bonds is 20. The maximum Gasteiger partial charge on any atom is 0.404 e. The van der Waals surface area contributed by atoms with Crippen LogP contribution in [0, 0.1) is 12.8 Å². The minimum absolute atomic E-state index is 0.00247. The Bertz CT molecular complexity index is 1750. The van der Waals surface area contributed by atoms with Gasteiger partial charge in [-0.25, -0.2) is 9.78 Å². The lowest BCUT2D eigenvalue weighted by atomic mass is 10.0. The van der Waals surface area contributed by atoms with E-state index in [0.717, 1.165) is 21.7 Å². The van der Waals surface area contributed by atoms with Crippen LogP contribution in [0.2, 0.25) is 0 Å². The van der Waals surface area contributed by atoms with E-state index in [0.29, 0.717) is 49.8 Å². The average Bonchev–Trinajstić information content (AvgIpc) is 3.85. The molecule has 54 heavy (non-hydrogen) atoms. The number of carbonyl (C=O) groups excluding carboxylic acids is 3. The number of carbonyl (C=O) groups is 4. The summed E-state index contributed by atoms with van der Waals surface area (Å²) in [5.74, 6) is -0.651. The van der Waals surface area contributed by atoms with E-state index in [1.807, 2.05) is 51.1 Å². The Hall–Kier alpha value is -4.61. The molecule has 3 aromatic rings. The molecule has 0 radical (unpaired) electrons. The lowest BCUT2D eigenvalue weighted by Crippen LogP contribution is -2.55. The van der Waals surface area contributed by atoms with Crippen LogP contribution in [0.3, 0.4) is 0 Å².